The number of hydrogen-bond acceptors (Lipinski definition) is 6. The van der Waals surface area contributed by atoms with E-state index in [1.807, 2.05) is 6.92 Å². The summed E-state index contributed by atoms with van der Waals surface area (Å²) in [5.74, 6) is 0. The van der Waals surface area contributed by atoms with Crippen LogP contribution in [0.1, 0.15) is 11.1 Å². The van der Waals surface area contributed by atoms with Gasteiger partial charge in [-0.1, -0.05) is 22.9 Å². The number of nitriles is 1. The van der Waals surface area contributed by atoms with E-state index in [0.29, 0.717) is 5.56 Å². The van der Waals surface area contributed by atoms with Crippen LogP contribution in [0.5, 0.6) is 0 Å². The molecule has 0 fully saturated rings. The van der Waals surface area contributed by atoms with E-state index in [1.54, 1.807) is 30.3 Å². The molecule has 106 valence electrons. The molecule has 0 atom stereocenters. The zero-order valence-corrected chi connectivity index (χ0v) is 11.9. The van der Waals surface area contributed by atoms with Gasteiger partial charge in [-0.05, 0) is 31.2 Å². The number of benzene rings is 1. The van der Waals surface area contributed by atoms with Gasteiger partial charge in [-0.3, -0.25) is 9.27 Å². The molecule has 0 unspecified atom stereocenters. The molecule has 0 aliphatic carbocycles. The third-order valence-electron chi connectivity index (χ3n) is 2.58. The monoisotopic (exact) mass is 301 g/mol. The van der Waals surface area contributed by atoms with Gasteiger partial charge < -0.3 is 0 Å². The van der Waals surface area contributed by atoms with Gasteiger partial charge in [0, 0.05) is 18.0 Å². The Labute approximate surface area is 122 Å². The van der Waals surface area contributed by atoms with Crippen LogP contribution < -0.4 is 0 Å². The first-order valence-electron chi connectivity index (χ1n) is 5.92. The molecule has 0 radical (unpaired) electrons. The summed E-state index contributed by atoms with van der Waals surface area (Å²) in [7, 11) is -4.05. The van der Waals surface area contributed by atoms with Gasteiger partial charge in [0.05, 0.1) is 0 Å². The van der Waals surface area contributed by atoms with Gasteiger partial charge in [0.1, 0.15) is 11.0 Å². The Morgan fingerprint density at radius 2 is 2.00 bits per heavy atom. The van der Waals surface area contributed by atoms with Crippen molar-refractivity contribution in [2.24, 2.45) is 5.16 Å². The Bertz CT molecular complexity index is 792. The SMILES string of the molecule is Cc1ccc(S(=O)(=O)O/N=C(\C#N)c2cccnc2)cc1. The van der Waals surface area contributed by atoms with Crippen LogP contribution in [0.4, 0.5) is 0 Å². The Kier molecular flexibility index (Phi) is 4.30. The fourth-order valence-corrected chi connectivity index (χ4v) is 2.20. The highest BCUT2D eigenvalue weighted by Crippen LogP contribution is 2.14. The summed E-state index contributed by atoms with van der Waals surface area (Å²) < 4.78 is 28.5. The zero-order valence-electron chi connectivity index (χ0n) is 11.1. The highest BCUT2D eigenvalue weighted by Gasteiger charge is 2.16. The van der Waals surface area contributed by atoms with Crippen LogP contribution in [0.15, 0.2) is 58.8 Å². The molecule has 0 aliphatic rings. The summed E-state index contributed by atoms with van der Waals surface area (Å²) in [4.78, 5) is 3.80. The molecular weight excluding hydrogens is 290 g/mol. The minimum Gasteiger partial charge on any atom is -0.264 e. The van der Waals surface area contributed by atoms with Crippen LogP contribution in [0, 0.1) is 18.3 Å². The van der Waals surface area contributed by atoms with Gasteiger partial charge in [0.15, 0.2) is 5.71 Å². The largest absolute Gasteiger partial charge is 0.358 e. The molecule has 0 saturated carbocycles. The predicted molar refractivity (Wildman–Crippen MR) is 75.8 cm³/mol. The van der Waals surface area contributed by atoms with E-state index < -0.39 is 10.1 Å². The molecule has 2 rings (SSSR count). The Morgan fingerprint density at radius 3 is 2.57 bits per heavy atom. The van der Waals surface area contributed by atoms with Crippen LogP contribution in [0.25, 0.3) is 0 Å². The third kappa shape index (κ3) is 3.64. The van der Waals surface area contributed by atoms with Gasteiger partial charge in [0.2, 0.25) is 0 Å². The lowest BCUT2D eigenvalue weighted by Crippen LogP contribution is -2.06. The molecule has 0 spiro atoms. The van der Waals surface area contributed by atoms with Crippen LogP contribution >= 0.6 is 0 Å². The van der Waals surface area contributed by atoms with Crippen LogP contribution in [0.3, 0.4) is 0 Å². The smallest absolute Gasteiger partial charge is 0.264 e. The normalized spacial score (nSPS) is 11.7. The lowest BCUT2D eigenvalue weighted by atomic mass is 10.2. The lowest BCUT2D eigenvalue weighted by molar-refractivity contribution is 0.339. The van der Waals surface area contributed by atoms with Crippen molar-refractivity contribution in [1.82, 2.24) is 4.98 Å². The van der Waals surface area contributed by atoms with Crippen LogP contribution in [0.2, 0.25) is 0 Å². The van der Waals surface area contributed by atoms with Crippen molar-refractivity contribution < 1.29 is 12.7 Å². The molecule has 21 heavy (non-hydrogen) atoms. The number of aryl methyl sites for hydroxylation is 1. The molecule has 7 heteroatoms. The molecule has 0 aliphatic heterocycles. The van der Waals surface area contributed by atoms with Crippen molar-refractivity contribution >= 4 is 15.8 Å². The van der Waals surface area contributed by atoms with E-state index >= 15 is 0 Å². The van der Waals surface area contributed by atoms with Gasteiger partial charge in [-0.15, -0.1) is 0 Å². The number of nitrogens with zero attached hydrogens (tertiary/aromatic N) is 3. The number of rotatable bonds is 4. The molecule has 0 saturated heterocycles. The Hall–Kier alpha value is -2.72. The quantitative estimate of drug-likeness (QED) is 0.636. The van der Waals surface area contributed by atoms with Crippen molar-refractivity contribution in [3.8, 4) is 6.07 Å². The van der Waals surface area contributed by atoms with Crippen molar-refractivity contribution in [3.63, 3.8) is 0 Å². The Morgan fingerprint density at radius 1 is 1.29 bits per heavy atom. The lowest BCUT2D eigenvalue weighted by Gasteiger charge is -2.02. The standard InChI is InChI=1S/C14H11N3O3S/c1-11-4-6-13(7-5-11)21(18,19)20-17-14(9-15)12-3-2-8-16-10-12/h2-8,10H,1H3/b17-14+. The molecule has 0 bridgehead atoms. The average molecular weight is 301 g/mol. The predicted octanol–water partition coefficient (Wildman–Crippen LogP) is 2.02. The fraction of sp³-hybridized carbons (Fsp3) is 0.0714. The van der Waals surface area contributed by atoms with E-state index in [9.17, 15) is 8.42 Å². The van der Waals surface area contributed by atoms with Gasteiger partial charge in [-0.25, -0.2) is 0 Å². The fourth-order valence-electron chi connectivity index (χ4n) is 1.47. The molecule has 2 aromatic rings. The maximum atomic E-state index is 11.9. The average Bonchev–Trinajstić information content (AvgIpc) is 2.49. The van der Waals surface area contributed by atoms with Crippen LogP contribution in [-0.2, 0) is 14.4 Å². The van der Waals surface area contributed by atoms with E-state index in [0.717, 1.165) is 5.56 Å². The first-order valence-corrected chi connectivity index (χ1v) is 7.32. The summed E-state index contributed by atoms with van der Waals surface area (Å²) in [5, 5.41) is 12.4. The van der Waals surface area contributed by atoms with Crippen molar-refractivity contribution in [2.45, 2.75) is 11.8 Å². The van der Waals surface area contributed by atoms with Gasteiger partial charge in [0.25, 0.3) is 0 Å². The molecule has 1 aromatic heterocycles. The van der Waals surface area contributed by atoms with E-state index in [1.165, 1.54) is 24.5 Å². The topological polar surface area (TPSA) is 92.4 Å². The maximum Gasteiger partial charge on any atom is 0.358 e. The molecule has 1 heterocycles. The highest BCUT2D eigenvalue weighted by molar-refractivity contribution is 7.86. The van der Waals surface area contributed by atoms with Crippen LogP contribution in [-0.4, -0.2) is 19.1 Å². The summed E-state index contributed by atoms with van der Waals surface area (Å²) in [6, 6.07) is 11.1. The van der Waals surface area contributed by atoms with E-state index in [2.05, 4.69) is 14.4 Å². The summed E-state index contributed by atoms with van der Waals surface area (Å²) in [5.41, 5.74) is 1.13. The van der Waals surface area contributed by atoms with Gasteiger partial charge >= 0.3 is 10.1 Å². The van der Waals surface area contributed by atoms with E-state index in [-0.39, 0.29) is 10.6 Å². The third-order valence-corrected chi connectivity index (χ3v) is 3.70. The van der Waals surface area contributed by atoms with E-state index in [4.69, 9.17) is 5.26 Å². The second-order valence-corrected chi connectivity index (χ2v) is 5.66. The summed E-state index contributed by atoms with van der Waals surface area (Å²) in [6.07, 6.45) is 2.92. The maximum absolute atomic E-state index is 11.9. The highest BCUT2D eigenvalue weighted by atomic mass is 32.2. The summed E-state index contributed by atoms with van der Waals surface area (Å²) in [6.45, 7) is 1.84. The minimum atomic E-state index is -4.05. The second-order valence-electron chi connectivity index (χ2n) is 4.14. The summed E-state index contributed by atoms with van der Waals surface area (Å²) >= 11 is 0. The first kappa shape index (κ1) is 14.7. The van der Waals surface area contributed by atoms with Crippen molar-refractivity contribution in [3.05, 3.63) is 59.9 Å². The molecular formula is C14H11N3O3S. The molecule has 0 amide bonds. The molecule has 1 aromatic carbocycles. The second kappa shape index (κ2) is 6.15. The molecule has 6 nitrogen and oxygen atoms in total. The first-order chi connectivity index (χ1) is 10.0. The number of pyridine rings is 1. The number of aromatic nitrogens is 1. The number of hydrogen-bond donors (Lipinski definition) is 0. The number of oxime groups is 1. The van der Waals surface area contributed by atoms with Crippen molar-refractivity contribution in [2.75, 3.05) is 0 Å². The van der Waals surface area contributed by atoms with Crippen molar-refractivity contribution in [1.29, 1.82) is 5.26 Å². The Balaban J connectivity index is 2.26. The zero-order chi connectivity index (χ0) is 15.3. The molecule has 0 N–H and O–H groups in total. The minimum absolute atomic E-state index is 0.0275. The van der Waals surface area contributed by atoms with Gasteiger partial charge in [-0.2, -0.15) is 13.7 Å².